The number of aromatic amines is 1. The predicted octanol–water partition coefficient (Wildman–Crippen LogP) is 1.74. The number of nitrogens with one attached hydrogen (secondary N) is 1. The topological polar surface area (TPSA) is 105 Å². The summed E-state index contributed by atoms with van der Waals surface area (Å²) in [5, 5.41) is 10.7. The monoisotopic (exact) mass is 314 g/mol. The zero-order valence-electron chi connectivity index (χ0n) is 12.5. The number of nitrogens with two attached hydrogens (primary N) is 1. The lowest BCUT2D eigenvalue weighted by atomic mass is 9.89. The molecule has 3 rings (SSSR count). The molecule has 0 aliphatic carbocycles. The van der Waals surface area contributed by atoms with E-state index in [1.807, 2.05) is 30.3 Å². The molecule has 0 unspecified atom stereocenters. The Balaban J connectivity index is 1.78. The highest BCUT2D eigenvalue weighted by Gasteiger charge is 2.36. The van der Waals surface area contributed by atoms with E-state index in [4.69, 9.17) is 5.73 Å². The zero-order valence-corrected chi connectivity index (χ0v) is 12.5. The van der Waals surface area contributed by atoms with Gasteiger partial charge in [0.1, 0.15) is 0 Å². The van der Waals surface area contributed by atoms with Crippen molar-refractivity contribution in [1.29, 1.82) is 0 Å². The smallest absolute Gasteiger partial charge is 0.321 e. The van der Waals surface area contributed by atoms with Gasteiger partial charge in [0.15, 0.2) is 5.69 Å². The van der Waals surface area contributed by atoms with Gasteiger partial charge in [0.25, 0.3) is 5.91 Å². The lowest BCUT2D eigenvalue weighted by molar-refractivity contribution is -0.389. The van der Waals surface area contributed by atoms with Crippen LogP contribution in [-0.2, 0) is 0 Å². The average Bonchev–Trinajstić information content (AvgIpc) is 3.22. The first-order valence-corrected chi connectivity index (χ1v) is 7.48. The summed E-state index contributed by atoms with van der Waals surface area (Å²) in [5.41, 5.74) is 7.27. The van der Waals surface area contributed by atoms with E-state index < -0.39 is 4.92 Å². The third-order valence-corrected chi connectivity index (χ3v) is 4.36. The van der Waals surface area contributed by atoms with Crippen molar-refractivity contribution in [2.24, 2.45) is 11.7 Å². The number of amides is 1. The minimum Gasteiger partial charge on any atom is -0.358 e. The molecule has 1 saturated heterocycles. The molecule has 1 aliphatic heterocycles. The number of hydrogen-bond acceptors (Lipinski definition) is 4. The van der Waals surface area contributed by atoms with Crippen LogP contribution < -0.4 is 5.73 Å². The molecule has 1 aliphatic rings. The van der Waals surface area contributed by atoms with Gasteiger partial charge in [-0.2, -0.15) is 0 Å². The average molecular weight is 314 g/mol. The normalized spacial score (nSPS) is 20.7. The standard InChI is InChI=1S/C16H18N4O3/c17-8-12-9-19(10-13(12)11-4-2-1-3-5-11)16(21)14-6-7-15(18-14)20(22)23/h1-7,12-13,18H,8-10,17H2/t12-,13+/m1/s1. The Morgan fingerprint density at radius 3 is 2.61 bits per heavy atom. The van der Waals surface area contributed by atoms with Crippen molar-refractivity contribution < 1.29 is 9.72 Å². The molecule has 1 fully saturated rings. The second kappa shape index (κ2) is 6.21. The van der Waals surface area contributed by atoms with Crippen LogP contribution in [0.15, 0.2) is 42.5 Å². The number of nitrogens with zero attached hydrogens (tertiary/aromatic N) is 2. The zero-order chi connectivity index (χ0) is 16.4. The lowest BCUT2D eigenvalue weighted by Gasteiger charge is -2.16. The van der Waals surface area contributed by atoms with Crippen LogP contribution in [0.3, 0.4) is 0 Å². The number of carbonyl (C=O) groups excluding carboxylic acids is 1. The minimum atomic E-state index is -0.545. The molecule has 1 aromatic heterocycles. The fraction of sp³-hybridized carbons (Fsp3) is 0.312. The van der Waals surface area contributed by atoms with Gasteiger partial charge in [-0.05, 0) is 29.0 Å². The van der Waals surface area contributed by atoms with Gasteiger partial charge in [-0.1, -0.05) is 30.3 Å². The first-order chi connectivity index (χ1) is 11.1. The van der Waals surface area contributed by atoms with E-state index in [-0.39, 0.29) is 29.3 Å². The number of H-pyrrole nitrogens is 1. The van der Waals surface area contributed by atoms with E-state index in [9.17, 15) is 14.9 Å². The first kappa shape index (κ1) is 15.2. The highest BCUT2D eigenvalue weighted by molar-refractivity contribution is 5.93. The molecule has 1 amide bonds. The third kappa shape index (κ3) is 2.95. The molecule has 7 nitrogen and oxygen atoms in total. The Labute approximate surface area is 133 Å². The Hall–Kier alpha value is -2.67. The van der Waals surface area contributed by atoms with Crippen molar-refractivity contribution >= 4 is 11.7 Å². The molecule has 7 heteroatoms. The molecular formula is C16H18N4O3. The Morgan fingerprint density at radius 2 is 2.00 bits per heavy atom. The van der Waals surface area contributed by atoms with Crippen molar-refractivity contribution in [2.45, 2.75) is 5.92 Å². The first-order valence-electron chi connectivity index (χ1n) is 7.48. The Bertz CT molecular complexity index is 713. The molecule has 2 aromatic rings. The second-order valence-electron chi connectivity index (χ2n) is 5.74. The van der Waals surface area contributed by atoms with Crippen molar-refractivity contribution in [2.75, 3.05) is 19.6 Å². The van der Waals surface area contributed by atoms with E-state index >= 15 is 0 Å². The van der Waals surface area contributed by atoms with Gasteiger partial charge in [-0.3, -0.25) is 4.79 Å². The van der Waals surface area contributed by atoms with E-state index in [0.717, 1.165) is 5.56 Å². The molecule has 0 spiro atoms. The van der Waals surface area contributed by atoms with Gasteiger partial charge in [-0.15, -0.1) is 0 Å². The Kier molecular flexibility index (Phi) is 4.12. The van der Waals surface area contributed by atoms with Crippen LogP contribution in [0.1, 0.15) is 22.0 Å². The molecule has 120 valence electrons. The summed E-state index contributed by atoms with van der Waals surface area (Å²) >= 11 is 0. The van der Waals surface area contributed by atoms with Crippen molar-refractivity contribution in [3.63, 3.8) is 0 Å². The number of likely N-dealkylation sites (tertiary alicyclic amines) is 1. The molecule has 23 heavy (non-hydrogen) atoms. The molecule has 2 atom stereocenters. The van der Waals surface area contributed by atoms with Crippen LogP contribution in [0.2, 0.25) is 0 Å². The fourth-order valence-electron chi connectivity index (χ4n) is 3.14. The maximum absolute atomic E-state index is 12.6. The lowest BCUT2D eigenvalue weighted by Crippen LogP contribution is -2.30. The maximum atomic E-state index is 12.6. The summed E-state index contributed by atoms with van der Waals surface area (Å²) in [6.07, 6.45) is 0. The highest BCUT2D eigenvalue weighted by atomic mass is 16.6. The molecular weight excluding hydrogens is 296 g/mol. The maximum Gasteiger partial charge on any atom is 0.321 e. The van der Waals surface area contributed by atoms with Crippen molar-refractivity contribution in [3.05, 3.63) is 63.8 Å². The minimum absolute atomic E-state index is 0.178. The van der Waals surface area contributed by atoms with Crippen molar-refractivity contribution in [1.82, 2.24) is 9.88 Å². The number of carbonyl (C=O) groups is 1. The number of hydrogen-bond donors (Lipinski definition) is 2. The number of nitro groups is 1. The highest BCUT2D eigenvalue weighted by Crippen LogP contribution is 2.32. The van der Waals surface area contributed by atoms with E-state index in [2.05, 4.69) is 4.98 Å². The predicted molar refractivity (Wildman–Crippen MR) is 85.1 cm³/mol. The summed E-state index contributed by atoms with van der Waals surface area (Å²) in [6, 6.07) is 12.7. The number of benzene rings is 1. The molecule has 1 aromatic carbocycles. The molecule has 2 heterocycles. The summed E-state index contributed by atoms with van der Waals surface area (Å²) < 4.78 is 0. The molecule has 3 N–H and O–H groups in total. The van der Waals surface area contributed by atoms with Crippen LogP contribution >= 0.6 is 0 Å². The SMILES string of the molecule is NC[C@@H]1CN(C(=O)c2ccc([N+](=O)[O-])[nH]2)C[C@H]1c1ccccc1. The van der Waals surface area contributed by atoms with Gasteiger partial charge in [0, 0.05) is 25.1 Å². The summed E-state index contributed by atoms with van der Waals surface area (Å²) in [6.45, 7) is 1.62. The molecule has 0 bridgehead atoms. The van der Waals surface area contributed by atoms with Crippen LogP contribution in [-0.4, -0.2) is 40.3 Å². The van der Waals surface area contributed by atoms with E-state index in [1.165, 1.54) is 12.1 Å². The summed E-state index contributed by atoms with van der Waals surface area (Å²) in [4.78, 5) is 27.0. The van der Waals surface area contributed by atoms with Crippen LogP contribution in [0.25, 0.3) is 0 Å². The van der Waals surface area contributed by atoms with Crippen LogP contribution in [0.5, 0.6) is 0 Å². The van der Waals surface area contributed by atoms with Crippen molar-refractivity contribution in [3.8, 4) is 0 Å². The van der Waals surface area contributed by atoms with E-state index in [0.29, 0.717) is 19.6 Å². The third-order valence-electron chi connectivity index (χ3n) is 4.36. The van der Waals surface area contributed by atoms with Crippen LogP contribution in [0, 0.1) is 16.0 Å². The van der Waals surface area contributed by atoms with Gasteiger partial charge in [0.05, 0.1) is 0 Å². The van der Waals surface area contributed by atoms with Gasteiger partial charge >= 0.3 is 5.82 Å². The quantitative estimate of drug-likeness (QED) is 0.662. The molecule has 0 radical (unpaired) electrons. The Morgan fingerprint density at radius 1 is 1.26 bits per heavy atom. The second-order valence-corrected chi connectivity index (χ2v) is 5.74. The largest absolute Gasteiger partial charge is 0.358 e. The van der Waals surface area contributed by atoms with Gasteiger partial charge < -0.3 is 20.7 Å². The number of aromatic nitrogens is 1. The summed E-state index contributed by atoms with van der Waals surface area (Å²) in [5.74, 6) is -0.0288. The van der Waals surface area contributed by atoms with Crippen LogP contribution in [0.4, 0.5) is 5.82 Å². The van der Waals surface area contributed by atoms with Gasteiger partial charge in [-0.25, -0.2) is 4.98 Å². The molecule has 0 saturated carbocycles. The van der Waals surface area contributed by atoms with E-state index in [1.54, 1.807) is 4.90 Å². The summed E-state index contributed by atoms with van der Waals surface area (Å²) in [7, 11) is 0. The fourth-order valence-corrected chi connectivity index (χ4v) is 3.14. The van der Waals surface area contributed by atoms with Gasteiger partial charge in [0.2, 0.25) is 0 Å². The number of rotatable bonds is 4.